The minimum Gasteiger partial charge on any atom is -0.497 e. The van der Waals surface area contributed by atoms with E-state index in [0.29, 0.717) is 29.7 Å². The van der Waals surface area contributed by atoms with E-state index in [-0.39, 0.29) is 12.0 Å². The van der Waals surface area contributed by atoms with E-state index >= 15 is 0 Å². The molecule has 7 nitrogen and oxygen atoms in total. The number of guanidine groups is 1. The van der Waals surface area contributed by atoms with Gasteiger partial charge in [0.25, 0.3) is 0 Å². The summed E-state index contributed by atoms with van der Waals surface area (Å²) < 4.78 is 10.4. The van der Waals surface area contributed by atoms with Gasteiger partial charge < -0.3 is 20.1 Å². The predicted molar refractivity (Wildman–Crippen MR) is 112 cm³/mol. The largest absolute Gasteiger partial charge is 0.497 e. The van der Waals surface area contributed by atoms with Gasteiger partial charge in [-0.15, -0.1) is 11.3 Å². The summed E-state index contributed by atoms with van der Waals surface area (Å²) in [4.78, 5) is 21.7. The van der Waals surface area contributed by atoms with Gasteiger partial charge in [0.2, 0.25) is 0 Å². The van der Waals surface area contributed by atoms with Crippen molar-refractivity contribution in [2.75, 3.05) is 20.3 Å². The molecular formula is C20H28N4O3S. The number of methoxy groups -OCH3 is 1. The van der Waals surface area contributed by atoms with Gasteiger partial charge in [0.05, 0.1) is 32.0 Å². The van der Waals surface area contributed by atoms with Gasteiger partial charge in [-0.3, -0.25) is 0 Å². The zero-order chi connectivity index (χ0) is 20.5. The fraction of sp³-hybridized carbons (Fsp3) is 0.450. The molecule has 0 aliphatic carbocycles. The summed E-state index contributed by atoms with van der Waals surface area (Å²) in [6.07, 6.45) is 0. The van der Waals surface area contributed by atoms with Crippen molar-refractivity contribution in [3.8, 4) is 5.75 Å². The first-order valence-corrected chi connectivity index (χ1v) is 10.1. The molecule has 152 valence electrons. The summed E-state index contributed by atoms with van der Waals surface area (Å²) in [5.41, 5.74) is 1.74. The Hall–Kier alpha value is -2.61. The van der Waals surface area contributed by atoms with Crippen LogP contribution in [0.2, 0.25) is 0 Å². The highest BCUT2D eigenvalue weighted by atomic mass is 32.1. The van der Waals surface area contributed by atoms with Crippen molar-refractivity contribution >= 4 is 23.3 Å². The molecule has 0 spiro atoms. The molecule has 0 aliphatic heterocycles. The van der Waals surface area contributed by atoms with Gasteiger partial charge in [0.15, 0.2) is 5.96 Å². The highest BCUT2D eigenvalue weighted by Crippen LogP contribution is 2.24. The number of hydrogen-bond donors (Lipinski definition) is 2. The average Bonchev–Trinajstić information content (AvgIpc) is 3.08. The van der Waals surface area contributed by atoms with Gasteiger partial charge in [-0.1, -0.05) is 12.1 Å². The van der Waals surface area contributed by atoms with Crippen LogP contribution in [0.1, 0.15) is 52.7 Å². The van der Waals surface area contributed by atoms with Crippen molar-refractivity contribution < 1.29 is 14.3 Å². The van der Waals surface area contributed by atoms with Gasteiger partial charge in [0.1, 0.15) is 15.6 Å². The second-order valence-corrected chi connectivity index (χ2v) is 7.13. The Morgan fingerprint density at radius 2 is 2.14 bits per heavy atom. The molecule has 1 aromatic heterocycles. The minimum absolute atomic E-state index is 0.102. The lowest BCUT2D eigenvalue weighted by Crippen LogP contribution is -2.38. The lowest BCUT2D eigenvalue weighted by molar-refractivity contribution is 0.0531. The van der Waals surface area contributed by atoms with Crippen LogP contribution in [0.15, 0.2) is 29.3 Å². The number of nitrogens with one attached hydrogen (secondary N) is 2. The van der Waals surface area contributed by atoms with Crippen LogP contribution in [0, 0.1) is 6.92 Å². The number of ether oxygens (including phenoxy) is 2. The minimum atomic E-state index is -0.324. The highest BCUT2D eigenvalue weighted by molar-refractivity contribution is 7.13. The number of esters is 1. The number of thiazole rings is 1. The highest BCUT2D eigenvalue weighted by Gasteiger charge is 2.20. The first kappa shape index (κ1) is 21.7. The van der Waals surface area contributed by atoms with E-state index in [1.807, 2.05) is 45.0 Å². The van der Waals surface area contributed by atoms with Gasteiger partial charge in [-0.05, 0) is 45.4 Å². The molecule has 0 saturated heterocycles. The maximum atomic E-state index is 12.0. The van der Waals surface area contributed by atoms with E-state index in [2.05, 4.69) is 20.6 Å². The standard InChI is InChI=1S/C20H28N4O3S/c1-6-21-20(22-12-15-9-8-10-16(11-15)26-5)24-14(4)18-23-13(3)17(28-18)19(25)27-7-2/h8-11,14H,6-7,12H2,1-5H3,(H2,21,22,24). The normalized spacial score (nSPS) is 12.4. The van der Waals surface area contributed by atoms with E-state index in [0.717, 1.165) is 22.9 Å². The maximum Gasteiger partial charge on any atom is 0.350 e. The fourth-order valence-corrected chi connectivity index (χ4v) is 3.48. The van der Waals surface area contributed by atoms with Crippen LogP contribution in [0.4, 0.5) is 0 Å². The molecule has 0 fully saturated rings. The molecule has 1 atom stereocenters. The Balaban J connectivity index is 2.10. The number of aromatic nitrogens is 1. The number of carbonyl (C=O) groups excluding carboxylic acids is 1. The Morgan fingerprint density at radius 1 is 1.36 bits per heavy atom. The fourth-order valence-electron chi connectivity index (χ4n) is 2.52. The summed E-state index contributed by atoms with van der Waals surface area (Å²) in [7, 11) is 1.65. The van der Waals surface area contributed by atoms with Gasteiger partial charge in [-0.25, -0.2) is 14.8 Å². The summed E-state index contributed by atoms with van der Waals surface area (Å²) in [5, 5.41) is 7.40. The molecule has 1 unspecified atom stereocenters. The third kappa shape index (κ3) is 5.95. The number of rotatable bonds is 8. The molecule has 8 heteroatoms. The molecule has 1 aromatic carbocycles. The Bertz CT molecular complexity index is 820. The van der Waals surface area contributed by atoms with Crippen LogP contribution in [-0.2, 0) is 11.3 Å². The molecule has 0 radical (unpaired) electrons. The lowest BCUT2D eigenvalue weighted by Gasteiger charge is -2.16. The first-order valence-electron chi connectivity index (χ1n) is 9.30. The second kappa shape index (κ2) is 10.7. The molecular weight excluding hydrogens is 376 g/mol. The van der Waals surface area contributed by atoms with Crippen LogP contribution < -0.4 is 15.4 Å². The number of aryl methyl sites for hydroxylation is 1. The van der Waals surface area contributed by atoms with E-state index in [1.54, 1.807) is 14.0 Å². The summed E-state index contributed by atoms with van der Waals surface area (Å²) >= 11 is 1.35. The van der Waals surface area contributed by atoms with Crippen molar-refractivity contribution in [1.29, 1.82) is 0 Å². The van der Waals surface area contributed by atoms with Crippen molar-refractivity contribution in [2.24, 2.45) is 4.99 Å². The Kier molecular flexibility index (Phi) is 8.25. The van der Waals surface area contributed by atoms with Gasteiger partial charge in [0, 0.05) is 6.54 Å². The van der Waals surface area contributed by atoms with E-state index in [1.165, 1.54) is 11.3 Å². The first-order chi connectivity index (χ1) is 13.5. The third-order valence-electron chi connectivity index (χ3n) is 3.90. The summed E-state index contributed by atoms with van der Waals surface area (Å²) in [6, 6.07) is 7.73. The summed E-state index contributed by atoms with van der Waals surface area (Å²) in [6.45, 7) is 9.22. The van der Waals surface area contributed by atoms with Crippen molar-refractivity contribution in [2.45, 2.75) is 40.3 Å². The third-order valence-corrected chi connectivity index (χ3v) is 5.22. The monoisotopic (exact) mass is 404 g/mol. The number of carbonyl (C=O) groups is 1. The topological polar surface area (TPSA) is 84.8 Å². The number of aliphatic imine (C=N–C) groups is 1. The van der Waals surface area contributed by atoms with E-state index < -0.39 is 0 Å². The van der Waals surface area contributed by atoms with E-state index in [4.69, 9.17) is 9.47 Å². The molecule has 0 aliphatic rings. The summed E-state index contributed by atoms with van der Waals surface area (Å²) in [5.74, 6) is 1.17. The molecule has 0 amide bonds. The molecule has 2 rings (SSSR count). The molecule has 0 bridgehead atoms. The van der Waals surface area contributed by atoms with Crippen LogP contribution >= 0.6 is 11.3 Å². The van der Waals surface area contributed by atoms with Crippen LogP contribution in [0.3, 0.4) is 0 Å². The van der Waals surface area contributed by atoms with Crippen molar-refractivity contribution in [1.82, 2.24) is 15.6 Å². The lowest BCUT2D eigenvalue weighted by atomic mass is 10.2. The SMILES string of the molecule is CCNC(=NCc1cccc(OC)c1)NC(C)c1nc(C)c(C(=O)OCC)s1. The Morgan fingerprint density at radius 3 is 2.82 bits per heavy atom. The molecule has 2 aromatic rings. The predicted octanol–water partition coefficient (Wildman–Crippen LogP) is 3.45. The second-order valence-electron chi connectivity index (χ2n) is 6.10. The number of benzene rings is 1. The number of hydrogen-bond acceptors (Lipinski definition) is 6. The van der Waals surface area contributed by atoms with Gasteiger partial charge >= 0.3 is 5.97 Å². The smallest absolute Gasteiger partial charge is 0.350 e. The van der Waals surface area contributed by atoms with E-state index in [9.17, 15) is 4.79 Å². The van der Waals surface area contributed by atoms with Crippen LogP contribution in [-0.4, -0.2) is 37.2 Å². The average molecular weight is 405 g/mol. The van der Waals surface area contributed by atoms with Crippen LogP contribution in [0.5, 0.6) is 5.75 Å². The Labute approximate surface area is 170 Å². The van der Waals surface area contributed by atoms with Crippen LogP contribution in [0.25, 0.3) is 0 Å². The molecule has 1 heterocycles. The zero-order valence-corrected chi connectivity index (χ0v) is 17.9. The molecule has 0 saturated carbocycles. The molecule has 28 heavy (non-hydrogen) atoms. The number of nitrogens with zero attached hydrogens (tertiary/aromatic N) is 2. The van der Waals surface area contributed by atoms with Gasteiger partial charge in [-0.2, -0.15) is 0 Å². The van der Waals surface area contributed by atoms with Crippen molar-refractivity contribution in [3.63, 3.8) is 0 Å². The maximum absolute atomic E-state index is 12.0. The molecule has 2 N–H and O–H groups in total. The zero-order valence-electron chi connectivity index (χ0n) is 17.0. The van der Waals surface area contributed by atoms with Crippen molar-refractivity contribution in [3.05, 3.63) is 45.4 Å². The quantitative estimate of drug-likeness (QED) is 0.398.